The van der Waals surface area contributed by atoms with Crippen LogP contribution >= 0.6 is 11.8 Å². The van der Waals surface area contributed by atoms with Gasteiger partial charge in [0.1, 0.15) is 11.6 Å². The van der Waals surface area contributed by atoms with Crippen molar-refractivity contribution in [2.45, 2.75) is 12.2 Å². The van der Waals surface area contributed by atoms with Crippen molar-refractivity contribution in [1.29, 1.82) is 0 Å². The van der Waals surface area contributed by atoms with Crippen LogP contribution in [0.2, 0.25) is 0 Å². The van der Waals surface area contributed by atoms with Gasteiger partial charge in [-0.15, -0.1) is 11.8 Å². The zero-order valence-corrected chi connectivity index (χ0v) is 15.0. The molecule has 0 saturated heterocycles. The molecule has 3 N–H and O–H groups in total. The van der Waals surface area contributed by atoms with E-state index in [9.17, 15) is 9.18 Å². The third-order valence-corrected chi connectivity index (χ3v) is 4.13. The van der Waals surface area contributed by atoms with E-state index >= 15 is 0 Å². The number of anilines is 2. The van der Waals surface area contributed by atoms with Crippen LogP contribution in [0.3, 0.4) is 0 Å². The van der Waals surface area contributed by atoms with Gasteiger partial charge in [-0.2, -0.15) is 15.0 Å². The molecule has 0 unspecified atom stereocenters. The summed E-state index contributed by atoms with van der Waals surface area (Å²) >= 11 is 1.40. The van der Waals surface area contributed by atoms with Crippen LogP contribution in [0.1, 0.15) is 11.4 Å². The monoisotopic (exact) mass is 364 g/mol. The maximum Gasteiger partial charge on any atom is 0.230 e. The number of benzene rings is 1. The van der Waals surface area contributed by atoms with E-state index in [1.54, 1.807) is 17.0 Å². The zero-order valence-electron chi connectivity index (χ0n) is 14.2. The number of hydrogen-bond acceptors (Lipinski definition) is 7. The number of nitrogens with two attached hydrogens (primary N) is 1. The number of aromatic nitrogens is 3. The van der Waals surface area contributed by atoms with Gasteiger partial charge in [-0.3, -0.25) is 4.79 Å². The van der Waals surface area contributed by atoms with Crippen molar-refractivity contribution < 1.29 is 9.18 Å². The van der Waals surface area contributed by atoms with Gasteiger partial charge in [0.25, 0.3) is 0 Å². The van der Waals surface area contributed by atoms with Gasteiger partial charge >= 0.3 is 0 Å². The lowest BCUT2D eigenvalue weighted by Crippen LogP contribution is -2.27. The summed E-state index contributed by atoms with van der Waals surface area (Å²) in [7, 11) is 3.64. The summed E-state index contributed by atoms with van der Waals surface area (Å²) in [6.45, 7) is 0.508. The predicted octanol–water partition coefficient (Wildman–Crippen LogP) is 1.25. The quantitative estimate of drug-likeness (QED) is 0.727. The Balaban J connectivity index is 1.71. The second kappa shape index (κ2) is 9.16. The van der Waals surface area contributed by atoms with E-state index in [0.717, 1.165) is 5.56 Å². The molecular weight excluding hydrogens is 343 g/mol. The van der Waals surface area contributed by atoms with Crippen molar-refractivity contribution in [3.8, 4) is 0 Å². The molecule has 134 valence electrons. The van der Waals surface area contributed by atoms with E-state index in [4.69, 9.17) is 5.73 Å². The molecule has 0 fully saturated rings. The summed E-state index contributed by atoms with van der Waals surface area (Å²) < 4.78 is 12.8. The molecule has 0 saturated carbocycles. The molecule has 9 heteroatoms. The Morgan fingerprint density at radius 2 is 1.96 bits per heavy atom. The highest BCUT2D eigenvalue weighted by Gasteiger charge is 2.08. The lowest BCUT2D eigenvalue weighted by molar-refractivity contribution is -0.118. The molecule has 7 nitrogen and oxygen atoms in total. The Morgan fingerprint density at radius 1 is 1.24 bits per heavy atom. The normalized spacial score (nSPS) is 10.5. The first-order valence-electron chi connectivity index (χ1n) is 7.70. The number of nitrogens with zero attached hydrogens (tertiary/aromatic N) is 4. The number of nitrogens with one attached hydrogen (secondary N) is 1. The fourth-order valence-corrected chi connectivity index (χ4v) is 2.67. The summed E-state index contributed by atoms with van der Waals surface area (Å²) in [6.07, 6.45) is 0.660. The van der Waals surface area contributed by atoms with Gasteiger partial charge in [0.05, 0.1) is 11.5 Å². The maximum atomic E-state index is 12.8. The molecule has 1 heterocycles. The molecule has 1 amide bonds. The highest BCUT2D eigenvalue weighted by atomic mass is 32.2. The first-order valence-corrected chi connectivity index (χ1v) is 8.86. The number of carbonyl (C=O) groups excluding carboxylic acids is 1. The highest BCUT2D eigenvalue weighted by molar-refractivity contribution is 7.99. The standard InChI is InChI=1S/C16H21FN6OS/c1-23(2)16-21-13(20-15(18)22-16)9-25-10-14(24)19-8-7-11-3-5-12(17)6-4-11/h3-6H,7-10H2,1-2H3,(H,19,24)(H2,18,20,21,22). The van der Waals surface area contributed by atoms with Crippen molar-refractivity contribution in [3.63, 3.8) is 0 Å². The van der Waals surface area contributed by atoms with Gasteiger partial charge in [-0.05, 0) is 24.1 Å². The first-order chi connectivity index (χ1) is 11.9. The van der Waals surface area contributed by atoms with E-state index in [-0.39, 0.29) is 17.7 Å². The van der Waals surface area contributed by atoms with E-state index in [1.165, 1.54) is 23.9 Å². The molecule has 0 aliphatic carbocycles. The lowest BCUT2D eigenvalue weighted by atomic mass is 10.1. The smallest absolute Gasteiger partial charge is 0.230 e. The summed E-state index contributed by atoms with van der Waals surface area (Å²) in [4.78, 5) is 26.0. The zero-order chi connectivity index (χ0) is 18.2. The van der Waals surface area contributed by atoms with Gasteiger partial charge in [0.15, 0.2) is 0 Å². The van der Waals surface area contributed by atoms with Crippen LogP contribution in [0.15, 0.2) is 24.3 Å². The number of carbonyl (C=O) groups is 1. The van der Waals surface area contributed by atoms with Gasteiger partial charge < -0.3 is 16.0 Å². The van der Waals surface area contributed by atoms with Crippen LogP contribution < -0.4 is 16.0 Å². The molecule has 2 rings (SSSR count). The predicted molar refractivity (Wildman–Crippen MR) is 97.8 cm³/mol. The highest BCUT2D eigenvalue weighted by Crippen LogP contribution is 2.12. The number of hydrogen-bond donors (Lipinski definition) is 2. The lowest BCUT2D eigenvalue weighted by Gasteiger charge is -2.11. The van der Waals surface area contributed by atoms with Crippen molar-refractivity contribution in [2.24, 2.45) is 0 Å². The SMILES string of the molecule is CN(C)c1nc(N)nc(CSCC(=O)NCCc2ccc(F)cc2)n1. The molecule has 0 aliphatic heterocycles. The minimum absolute atomic E-state index is 0.0676. The van der Waals surface area contributed by atoms with E-state index in [2.05, 4.69) is 20.3 Å². The van der Waals surface area contributed by atoms with E-state index in [1.807, 2.05) is 14.1 Å². The summed E-state index contributed by atoms with van der Waals surface area (Å²) in [5, 5.41) is 2.83. The van der Waals surface area contributed by atoms with Gasteiger partial charge in [-0.1, -0.05) is 12.1 Å². The number of amides is 1. The second-order valence-corrected chi connectivity index (χ2v) is 6.51. The summed E-state index contributed by atoms with van der Waals surface area (Å²) in [5.41, 5.74) is 6.64. The summed E-state index contributed by atoms with van der Waals surface area (Å²) in [5.74, 6) is 1.64. The van der Waals surface area contributed by atoms with E-state index < -0.39 is 0 Å². The van der Waals surface area contributed by atoms with Crippen LogP contribution in [-0.4, -0.2) is 47.3 Å². The molecule has 0 spiro atoms. The van der Waals surface area contributed by atoms with Crippen LogP contribution in [0.5, 0.6) is 0 Å². The molecule has 1 aromatic carbocycles. The molecule has 0 aliphatic rings. The van der Waals surface area contributed by atoms with Crippen LogP contribution in [0.25, 0.3) is 0 Å². The molecule has 0 bridgehead atoms. The Hall–Kier alpha value is -2.42. The topological polar surface area (TPSA) is 97.0 Å². The van der Waals surface area contributed by atoms with Gasteiger partial charge in [0, 0.05) is 20.6 Å². The van der Waals surface area contributed by atoms with Gasteiger partial charge in [0.2, 0.25) is 17.8 Å². The van der Waals surface area contributed by atoms with Crippen LogP contribution in [-0.2, 0) is 17.0 Å². The number of nitrogen functional groups attached to an aromatic ring is 1. The average Bonchev–Trinajstić information content (AvgIpc) is 2.56. The molecule has 25 heavy (non-hydrogen) atoms. The van der Waals surface area contributed by atoms with Gasteiger partial charge in [-0.25, -0.2) is 4.39 Å². The Morgan fingerprint density at radius 3 is 2.64 bits per heavy atom. The molecule has 0 radical (unpaired) electrons. The maximum absolute atomic E-state index is 12.8. The number of halogens is 1. The molecule has 1 aromatic heterocycles. The molecule has 2 aromatic rings. The van der Waals surface area contributed by atoms with Crippen LogP contribution in [0.4, 0.5) is 16.3 Å². The van der Waals surface area contributed by atoms with Crippen molar-refractivity contribution in [1.82, 2.24) is 20.3 Å². The first kappa shape index (κ1) is 18.9. The minimum atomic E-state index is -0.263. The third kappa shape index (κ3) is 6.54. The fraction of sp³-hybridized carbons (Fsp3) is 0.375. The second-order valence-electron chi connectivity index (χ2n) is 5.52. The third-order valence-electron chi connectivity index (χ3n) is 3.20. The van der Waals surface area contributed by atoms with Crippen LogP contribution in [0, 0.1) is 5.82 Å². The number of rotatable bonds is 8. The minimum Gasteiger partial charge on any atom is -0.368 e. The van der Waals surface area contributed by atoms with E-state index in [0.29, 0.717) is 36.2 Å². The summed E-state index contributed by atoms with van der Waals surface area (Å²) in [6, 6.07) is 6.25. The Labute approximate surface area is 150 Å². The molecule has 0 atom stereocenters. The van der Waals surface area contributed by atoms with Crippen molar-refractivity contribution >= 4 is 29.6 Å². The Kier molecular flexibility index (Phi) is 6.93. The average molecular weight is 364 g/mol. The molecular formula is C16H21FN6OS. The largest absolute Gasteiger partial charge is 0.368 e. The van der Waals surface area contributed by atoms with Crippen molar-refractivity contribution in [2.75, 3.05) is 37.0 Å². The Bertz CT molecular complexity index is 710. The van der Waals surface area contributed by atoms with Crippen molar-refractivity contribution in [3.05, 3.63) is 41.5 Å². The fourth-order valence-electron chi connectivity index (χ4n) is 1.97. The number of thioether (sulfide) groups is 1.